The predicted molar refractivity (Wildman–Crippen MR) is 168 cm³/mol. The van der Waals surface area contributed by atoms with Crippen molar-refractivity contribution in [3.8, 4) is 27.3 Å². The number of carbonyl (C=O) groups is 4. The normalized spacial score (nSPS) is 11.0. The van der Waals surface area contributed by atoms with Crippen molar-refractivity contribution in [3.63, 3.8) is 0 Å². The molecule has 2 aromatic heterocycles. The van der Waals surface area contributed by atoms with E-state index in [4.69, 9.17) is 9.47 Å². The van der Waals surface area contributed by atoms with Crippen LogP contribution in [0.3, 0.4) is 0 Å². The summed E-state index contributed by atoms with van der Waals surface area (Å²) < 4.78 is 10.2. The van der Waals surface area contributed by atoms with Gasteiger partial charge in [-0.15, -0.1) is 11.3 Å². The minimum Gasteiger partial charge on any atom is -0.507 e. The van der Waals surface area contributed by atoms with Crippen LogP contribution in [0.2, 0.25) is 0 Å². The number of rotatable bonds is 8. The third-order valence-electron chi connectivity index (χ3n) is 6.57. The van der Waals surface area contributed by atoms with Crippen LogP contribution in [0.1, 0.15) is 68.8 Å². The van der Waals surface area contributed by atoms with Gasteiger partial charge in [0.25, 0.3) is 5.91 Å². The number of ether oxygens (including phenoxy) is 2. The molecule has 4 rings (SSSR count). The van der Waals surface area contributed by atoms with Crippen molar-refractivity contribution in [1.29, 1.82) is 0 Å². The molecule has 0 fully saturated rings. The van der Waals surface area contributed by atoms with Crippen molar-refractivity contribution in [2.24, 2.45) is 0 Å². The monoisotopic (exact) mass is 615 g/mol. The summed E-state index contributed by atoms with van der Waals surface area (Å²) in [6, 6.07) is 13.1. The topological polar surface area (TPSA) is 144 Å². The van der Waals surface area contributed by atoms with E-state index in [1.165, 1.54) is 36.6 Å². The van der Waals surface area contributed by atoms with Crippen molar-refractivity contribution >= 4 is 41.3 Å². The van der Waals surface area contributed by atoms with Crippen LogP contribution in [0.4, 0.5) is 10.5 Å². The lowest BCUT2D eigenvalue weighted by Gasteiger charge is -2.20. The molecule has 0 bridgehead atoms. The number of carbonyl (C=O) groups excluding carboxylic acids is 4. The first-order valence-corrected chi connectivity index (χ1v) is 14.5. The molecule has 0 atom stereocenters. The first-order chi connectivity index (χ1) is 20.8. The molecule has 228 valence electrons. The molecular formula is C33H33N3O7S. The van der Waals surface area contributed by atoms with Gasteiger partial charge in [-0.25, -0.2) is 14.6 Å². The van der Waals surface area contributed by atoms with Crippen molar-refractivity contribution in [2.75, 3.05) is 12.4 Å². The maximum Gasteiger partial charge on any atom is 0.407 e. The van der Waals surface area contributed by atoms with Gasteiger partial charge in [0.05, 0.1) is 7.11 Å². The number of esters is 1. The lowest BCUT2D eigenvalue weighted by atomic mass is 9.93. The highest BCUT2D eigenvalue weighted by molar-refractivity contribution is 7.13. The average Bonchev–Trinajstić information content (AvgIpc) is 3.40. The van der Waals surface area contributed by atoms with Crippen LogP contribution >= 0.6 is 11.3 Å². The van der Waals surface area contributed by atoms with E-state index in [1.807, 2.05) is 31.4 Å². The van der Waals surface area contributed by atoms with Gasteiger partial charge in [0.2, 0.25) is 0 Å². The van der Waals surface area contributed by atoms with Crippen LogP contribution in [-0.2, 0) is 16.0 Å². The van der Waals surface area contributed by atoms with Crippen LogP contribution in [0.5, 0.6) is 5.75 Å². The number of aryl methyl sites for hydroxylation is 2. The van der Waals surface area contributed by atoms with Crippen molar-refractivity contribution in [1.82, 2.24) is 10.3 Å². The number of hydrogen-bond acceptors (Lipinski definition) is 9. The standard InChI is InChI=1S/C33H33N3O7S/c1-18-11-12-44-29(18)25-14-24(23(15-27(25)38)22-9-8-21(17-37)35-28(22)31(40)42-6)30(39)36-26-10-7-20(13-19(26)2)16-34-32(41)43-33(3,4)5/h7-15,17,38H,16H2,1-6H3,(H,34,41)(H,36,39). The van der Waals surface area contributed by atoms with Gasteiger partial charge < -0.3 is 25.2 Å². The lowest BCUT2D eigenvalue weighted by Crippen LogP contribution is -2.32. The molecule has 2 aromatic carbocycles. The average molecular weight is 616 g/mol. The molecule has 0 radical (unpaired) electrons. The molecule has 0 spiro atoms. The summed E-state index contributed by atoms with van der Waals surface area (Å²) in [5, 5.41) is 18.6. The summed E-state index contributed by atoms with van der Waals surface area (Å²) in [5.41, 5.74) is 3.23. The number of aromatic hydroxyl groups is 1. The van der Waals surface area contributed by atoms with Crippen LogP contribution in [-0.4, -0.2) is 47.1 Å². The first-order valence-electron chi connectivity index (χ1n) is 13.7. The Labute approximate surface area is 259 Å². The number of benzene rings is 2. The number of methoxy groups -OCH3 is 1. The Morgan fingerprint density at radius 1 is 0.977 bits per heavy atom. The predicted octanol–water partition coefficient (Wildman–Crippen LogP) is 6.68. The summed E-state index contributed by atoms with van der Waals surface area (Å²) in [6.45, 7) is 9.30. The highest BCUT2D eigenvalue weighted by Crippen LogP contribution is 2.41. The second-order valence-electron chi connectivity index (χ2n) is 11.0. The molecule has 0 saturated carbocycles. The zero-order valence-corrected chi connectivity index (χ0v) is 26.0. The Kier molecular flexibility index (Phi) is 9.49. The van der Waals surface area contributed by atoms with Gasteiger partial charge in [-0.05, 0) is 93.1 Å². The lowest BCUT2D eigenvalue weighted by molar-refractivity contribution is 0.0522. The Morgan fingerprint density at radius 3 is 2.34 bits per heavy atom. The number of phenolic OH excluding ortho intramolecular Hbond substituents is 1. The van der Waals surface area contributed by atoms with E-state index in [9.17, 15) is 24.3 Å². The zero-order valence-electron chi connectivity index (χ0n) is 25.2. The molecule has 0 aliphatic heterocycles. The number of aldehydes is 1. The second kappa shape index (κ2) is 13.1. The highest BCUT2D eigenvalue weighted by Gasteiger charge is 2.25. The zero-order chi connectivity index (χ0) is 32.2. The van der Waals surface area contributed by atoms with Gasteiger partial charge in [0.15, 0.2) is 12.0 Å². The molecule has 11 heteroatoms. The van der Waals surface area contributed by atoms with Crippen LogP contribution in [0.25, 0.3) is 21.6 Å². The van der Waals surface area contributed by atoms with Crippen LogP contribution < -0.4 is 10.6 Å². The molecule has 10 nitrogen and oxygen atoms in total. The smallest absolute Gasteiger partial charge is 0.407 e. The van der Waals surface area contributed by atoms with E-state index in [2.05, 4.69) is 15.6 Å². The van der Waals surface area contributed by atoms with E-state index in [1.54, 1.807) is 39.0 Å². The highest BCUT2D eigenvalue weighted by atomic mass is 32.1. The molecule has 0 aliphatic carbocycles. The fourth-order valence-electron chi connectivity index (χ4n) is 4.49. The van der Waals surface area contributed by atoms with Crippen molar-refractivity contribution in [3.05, 3.63) is 87.6 Å². The molecule has 4 aromatic rings. The number of hydrogen-bond donors (Lipinski definition) is 3. The van der Waals surface area contributed by atoms with Crippen molar-refractivity contribution < 1.29 is 33.8 Å². The maximum atomic E-state index is 13.9. The quantitative estimate of drug-likeness (QED) is 0.147. The van der Waals surface area contributed by atoms with Gasteiger partial charge in [0.1, 0.15) is 17.0 Å². The number of thiophene rings is 1. The molecule has 0 saturated heterocycles. The molecule has 0 unspecified atom stereocenters. The number of amides is 2. The number of phenols is 1. The first kappa shape index (κ1) is 31.9. The number of alkyl carbamates (subject to hydrolysis) is 1. The van der Waals surface area contributed by atoms with E-state index in [-0.39, 0.29) is 40.4 Å². The molecule has 0 aliphatic rings. The van der Waals surface area contributed by atoms with Crippen molar-refractivity contribution in [2.45, 2.75) is 46.8 Å². The summed E-state index contributed by atoms with van der Waals surface area (Å²) in [4.78, 5) is 55.0. The number of aromatic nitrogens is 1. The molecular weight excluding hydrogens is 582 g/mol. The number of anilines is 1. The Hall–Kier alpha value is -5.03. The van der Waals surface area contributed by atoms with Crippen LogP contribution in [0.15, 0.2) is 53.9 Å². The van der Waals surface area contributed by atoms with Gasteiger partial charge in [-0.3, -0.25) is 9.59 Å². The summed E-state index contributed by atoms with van der Waals surface area (Å²) in [6.07, 6.45) is -0.0365. The Bertz CT molecular complexity index is 1750. The summed E-state index contributed by atoms with van der Waals surface area (Å²) in [7, 11) is 1.19. The summed E-state index contributed by atoms with van der Waals surface area (Å²) >= 11 is 1.42. The minimum atomic E-state index is -0.806. The van der Waals surface area contributed by atoms with Gasteiger partial charge >= 0.3 is 12.1 Å². The molecule has 2 heterocycles. The third-order valence-corrected chi connectivity index (χ3v) is 7.62. The number of nitrogens with one attached hydrogen (secondary N) is 2. The Morgan fingerprint density at radius 2 is 1.73 bits per heavy atom. The van der Waals surface area contributed by atoms with Gasteiger partial charge in [0, 0.05) is 39.4 Å². The molecule has 3 N–H and O–H groups in total. The SMILES string of the molecule is COC(=O)c1nc(C=O)ccc1-c1cc(O)c(-c2sccc2C)cc1C(=O)Nc1ccc(CNC(=O)OC(C)(C)C)cc1C. The minimum absolute atomic E-state index is 0.00655. The molecule has 2 amide bonds. The summed E-state index contributed by atoms with van der Waals surface area (Å²) in [5.74, 6) is -1.41. The van der Waals surface area contributed by atoms with Gasteiger partial charge in [-0.1, -0.05) is 12.1 Å². The largest absolute Gasteiger partial charge is 0.507 e. The van der Waals surface area contributed by atoms with Gasteiger partial charge in [-0.2, -0.15) is 0 Å². The maximum absolute atomic E-state index is 13.9. The second-order valence-corrected chi connectivity index (χ2v) is 12.0. The van der Waals surface area contributed by atoms with E-state index < -0.39 is 23.6 Å². The Balaban J connectivity index is 1.73. The number of pyridine rings is 1. The van der Waals surface area contributed by atoms with E-state index in [0.29, 0.717) is 17.5 Å². The third kappa shape index (κ3) is 7.30. The van der Waals surface area contributed by atoms with Crippen LogP contribution in [0, 0.1) is 13.8 Å². The number of nitrogens with zero attached hydrogens (tertiary/aromatic N) is 1. The molecule has 44 heavy (non-hydrogen) atoms. The fourth-order valence-corrected chi connectivity index (χ4v) is 5.45. The fraction of sp³-hybridized carbons (Fsp3) is 0.242. The van der Waals surface area contributed by atoms with E-state index >= 15 is 0 Å². The van der Waals surface area contributed by atoms with E-state index in [0.717, 1.165) is 21.6 Å².